The van der Waals surface area contributed by atoms with Gasteiger partial charge in [0.25, 0.3) is 0 Å². The molecule has 1 saturated heterocycles. The third-order valence-electron chi connectivity index (χ3n) is 4.33. The molecule has 20 heavy (non-hydrogen) atoms. The van der Waals surface area contributed by atoms with Gasteiger partial charge in [-0.05, 0) is 27.2 Å². The fourth-order valence-electron chi connectivity index (χ4n) is 3.10. The second-order valence-corrected chi connectivity index (χ2v) is 5.55. The number of nitrogens with two attached hydrogens (primary N) is 1. The molecular weight excluding hydrogens is 254 g/mol. The van der Waals surface area contributed by atoms with E-state index in [1.54, 1.807) is 7.11 Å². The maximum absolute atomic E-state index is 5.75. The highest BCUT2D eigenvalue weighted by atomic mass is 16.5. The molecule has 2 rings (SSSR count). The highest BCUT2D eigenvalue weighted by Crippen LogP contribution is 2.29. The summed E-state index contributed by atoms with van der Waals surface area (Å²) >= 11 is 0. The van der Waals surface area contributed by atoms with Crippen molar-refractivity contribution in [1.29, 1.82) is 0 Å². The number of nitrogens with one attached hydrogen (secondary N) is 1. The van der Waals surface area contributed by atoms with Gasteiger partial charge in [0, 0.05) is 48.0 Å². The standard InChI is InChI=1S/C15H25N3O2/c1-9-8-17-13(10(2)15(9)19-4)7-14(18-16)12-5-6-20-11(12)3/h8,11-12,14,18H,5-7,16H2,1-4H3. The molecule has 3 atom stereocenters. The molecule has 3 N–H and O–H groups in total. The van der Waals surface area contributed by atoms with Gasteiger partial charge in [0.1, 0.15) is 5.75 Å². The highest BCUT2D eigenvalue weighted by Gasteiger charge is 2.32. The third-order valence-corrected chi connectivity index (χ3v) is 4.33. The van der Waals surface area contributed by atoms with Crippen LogP contribution >= 0.6 is 0 Å². The van der Waals surface area contributed by atoms with Gasteiger partial charge < -0.3 is 9.47 Å². The normalized spacial score (nSPS) is 23.9. The lowest BCUT2D eigenvalue weighted by Gasteiger charge is -2.25. The molecule has 0 amide bonds. The molecule has 0 bridgehead atoms. The van der Waals surface area contributed by atoms with Crippen LogP contribution in [0, 0.1) is 19.8 Å². The minimum atomic E-state index is 0.172. The SMILES string of the molecule is COc1c(C)cnc(CC(NN)C2CCOC2C)c1C. The van der Waals surface area contributed by atoms with Crippen molar-refractivity contribution in [2.75, 3.05) is 13.7 Å². The van der Waals surface area contributed by atoms with Crippen molar-refractivity contribution in [3.05, 3.63) is 23.0 Å². The number of hydrogen-bond donors (Lipinski definition) is 2. The van der Waals surface area contributed by atoms with Crippen molar-refractivity contribution in [2.24, 2.45) is 11.8 Å². The van der Waals surface area contributed by atoms with E-state index < -0.39 is 0 Å². The van der Waals surface area contributed by atoms with Gasteiger partial charge in [-0.1, -0.05) is 0 Å². The number of aryl methyl sites for hydroxylation is 1. The zero-order chi connectivity index (χ0) is 14.7. The zero-order valence-electron chi connectivity index (χ0n) is 12.8. The summed E-state index contributed by atoms with van der Waals surface area (Å²) in [5, 5.41) is 0. The number of aromatic nitrogens is 1. The average molecular weight is 279 g/mol. The summed E-state index contributed by atoms with van der Waals surface area (Å²) in [6.45, 7) is 6.98. The van der Waals surface area contributed by atoms with Crippen LogP contribution < -0.4 is 16.0 Å². The molecule has 0 aromatic carbocycles. The van der Waals surface area contributed by atoms with E-state index in [-0.39, 0.29) is 12.1 Å². The molecule has 112 valence electrons. The number of ether oxygens (including phenoxy) is 2. The van der Waals surface area contributed by atoms with Crippen molar-refractivity contribution in [3.63, 3.8) is 0 Å². The van der Waals surface area contributed by atoms with Gasteiger partial charge in [-0.3, -0.25) is 16.3 Å². The van der Waals surface area contributed by atoms with Crippen molar-refractivity contribution in [3.8, 4) is 5.75 Å². The van der Waals surface area contributed by atoms with Gasteiger partial charge >= 0.3 is 0 Å². The topological polar surface area (TPSA) is 69.4 Å². The van der Waals surface area contributed by atoms with E-state index in [4.69, 9.17) is 15.3 Å². The number of pyridine rings is 1. The summed E-state index contributed by atoms with van der Waals surface area (Å²) in [5.74, 6) is 7.09. The van der Waals surface area contributed by atoms with Crippen LogP contribution in [-0.2, 0) is 11.2 Å². The first-order valence-electron chi connectivity index (χ1n) is 7.15. The van der Waals surface area contributed by atoms with E-state index >= 15 is 0 Å². The number of hydrogen-bond acceptors (Lipinski definition) is 5. The van der Waals surface area contributed by atoms with Gasteiger partial charge in [-0.15, -0.1) is 0 Å². The Kier molecular flexibility index (Phi) is 4.96. The van der Waals surface area contributed by atoms with E-state index in [0.717, 1.165) is 42.0 Å². The molecular formula is C15H25N3O2. The van der Waals surface area contributed by atoms with Gasteiger partial charge in [-0.2, -0.15) is 0 Å². The molecule has 0 spiro atoms. The maximum atomic E-state index is 5.75. The largest absolute Gasteiger partial charge is 0.496 e. The zero-order valence-corrected chi connectivity index (χ0v) is 12.8. The fraction of sp³-hybridized carbons (Fsp3) is 0.667. The molecule has 1 aliphatic heterocycles. The summed E-state index contributed by atoms with van der Waals surface area (Å²) in [6.07, 6.45) is 3.93. The van der Waals surface area contributed by atoms with Gasteiger partial charge in [0.2, 0.25) is 0 Å². The van der Waals surface area contributed by atoms with E-state index in [9.17, 15) is 0 Å². The molecule has 5 heteroatoms. The Morgan fingerprint density at radius 1 is 1.55 bits per heavy atom. The van der Waals surface area contributed by atoms with E-state index in [1.165, 1.54) is 0 Å². The van der Waals surface area contributed by atoms with Crippen LogP contribution in [-0.4, -0.2) is 30.8 Å². The summed E-state index contributed by atoms with van der Waals surface area (Å²) in [7, 11) is 1.70. The monoisotopic (exact) mass is 279 g/mol. The Bertz CT molecular complexity index is 465. The molecule has 1 aliphatic rings. The lowest BCUT2D eigenvalue weighted by molar-refractivity contribution is 0.0952. The molecule has 3 unspecified atom stereocenters. The lowest BCUT2D eigenvalue weighted by Crippen LogP contribution is -2.45. The minimum absolute atomic E-state index is 0.172. The Morgan fingerprint density at radius 2 is 2.30 bits per heavy atom. The van der Waals surface area contributed by atoms with Crippen molar-refractivity contribution < 1.29 is 9.47 Å². The highest BCUT2D eigenvalue weighted by molar-refractivity contribution is 5.41. The molecule has 1 fully saturated rings. The molecule has 1 aromatic rings. The molecule has 0 saturated carbocycles. The van der Waals surface area contributed by atoms with Gasteiger partial charge in [-0.25, -0.2) is 0 Å². The second-order valence-electron chi connectivity index (χ2n) is 5.55. The first kappa shape index (κ1) is 15.2. The maximum Gasteiger partial charge on any atom is 0.128 e. The summed E-state index contributed by atoms with van der Waals surface area (Å²) < 4.78 is 11.1. The fourth-order valence-corrected chi connectivity index (χ4v) is 3.10. The number of rotatable bonds is 5. The van der Waals surface area contributed by atoms with Crippen LogP contribution in [0.3, 0.4) is 0 Å². The van der Waals surface area contributed by atoms with E-state index in [1.807, 2.05) is 13.1 Å². The quantitative estimate of drug-likeness (QED) is 0.631. The van der Waals surface area contributed by atoms with Crippen LogP contribution in [0.5, 0.6) is 5.75 Å². The molecule has 0 aliphatic carbocycles. The summed E-state index contributed by atoms with van der Waals surface area (Å²) in [6, 6.07) is 0.172. The van der Waals surface area contributed by atoms with E-state index in [0.29, 0.717) is 5.92 Å². The molecule has 2 heterocycles. The van der Waals surface area contributed by atoms with Crippen LogP contribution in [0.2, 0.25) is 0 Å². The molecule has 0 radical (unpaired) electrons. The third kappa shape index (κ3) is 2.95. The average Bonchev–Trinajstić information content (AvgIpc) is 2.85. The smallest absolute Gasteiger partial charge is 0.128 e. The Labute approximate surface area is 120 Å². The minimum Gasteiger partial charge on any atom is -0.496 e. The van der Waals surface area contributed by atoms with Gasteiger partial charge in [0.15, 0.2) is 0 Å². The Morgan fingerprint density at radius 3 is 2.85 bits per heavy atom. The first-order valence-corrected chi connectivity index (χ1v) is 7.15. The number of nitrogens with zero attached hydrogens (tertiary/aromatic N) is 1. The lowest BCUT2D eigenvalue weighted by atomic mass is 9.89. The Hall–Kier alpha value is -1.17. The predicted molar refractivity (Wildman–Crippen MR) is 78.6 cm³/mol. The van der Waals surface area contributed by atoms with Gasteiger partial charge in [0.05, 0.1) is 13.2 Å². The predicted octanol–water partition coefficient (Wildman–Crippen LogP) is 1.51. The summed E-state index contributed by atoms with van der Waals surface area (Å²) in [4.78, 5) is 4.55. The van der Waals surface area contributed by atoms with Crippen LogP contribution in [0.1, 0.15) is 30.2 Å². The molecule has 1 aromatic heterocycles. The van der Waals surface area contributed by atoms with Crippen molar-refractivity contribution in [2.45, 2.75) is 45.8 Å². The van der Waals surface area contributed by atoms with Crippen molar-refractivity contribution in [1.82, 2.24) is 10.4 Å². The van der Waals surface area contributed by atoms with Crippen molar-refractivity contribution >= 4 is 0 Å². The molecule has 5 nitrogen and oxygen atoms in total. The van der Waals surface area contributed by atoms with E-state index in [2.05, 4.69) is 24.3 Å². The second kappa shape index (κ2) is 6.52. The Balaban J connectivity index is 2.19. The van der Waals surface area contributed by atoms with Crippen LogP contribution in [0.15, 0.2) is 6.20 Å². The first-order chi connectivity index (χ1) is 9.58. The number of methoxy groups -OCH3 is 1. The summed E-state index contributed by atoms with van der Waals surface area (Å²) in [5.41, 5.74) is 6.13. The number of hydrazine groups is 1. The van der Waals surface area contributed by atoms with Crippen LogP contribution in [0.25, 0.3) is 0 Å². The van der Waals surface area contributed by atoms with Crippen LogP contribution in [0.4, 0.5) is 0 Å².